The number of benzene rings is 3. The van der Waals surface area contributed by atoms with Crippen molar-refractivity contribution < 1.29 is 9.18 Å². The molecule has 0 aromatic heterocycles. The van der Waals surface area contributed by atoms with E-state index in [-0.39, 0.29) is 11.6 Å². The second-order valence-corrected chi connectivity index (χ2v) is 5.95. The fourth-order valence-electron chi connectivity index (χ4n) is 2.65. The maximum Gasteiger partial charge on any atom is 0.159 e. The summed E-state index contributed by atoms with van der Waals surface area (Å²) < 4.78 is 14.4. The van der Waals surface area contributed by atoms with Crippen molar-refractivity contribution in [2.75, 3.05) is 0 Å². The molecule has 0 saturated carbocycles. The van der Waals surface area contributed by atoms with Crippen molar-refractivity contribution in [2.45, 2.75) is 13.3 Å². The SMILES string of the molecule is CC(=O)c1ccc(C/C=C(\F)c2ccc(-c3ccccc3)cc2)cc1. The van der Waals surface area contributed by atoms with E-state index in [2.05, 4.69) is 0 Å². The predicted molar refractivity (Wildman–Crippen MR) is 101 cm³/mol. The maximum atomic E-state index is 14.4. The van der Waals surface area contributed by atoms with Gasteiger partial charge in [-0.2, -0.15) is 0 Å². The molecule has 25 heavy (non-hydrogen) atoms. The van der Waals surface area contributed by atoms with Gasteiger partial charge in [0.05, 0.1) is 0 Å². The van der Waals surface area contributed by atoms with Gasteiger partial charge in [0, 0.05) is 11.1 Å². The van der Waals surface area contributed by atoms with E-state index in [9.17, 15) is 9.18 Å². The standard InChI is InChI=1S/C23H19FO/c1-17(25)19-10-7-18(8-11-19)9-16-23(24)22-14-12-21(13-15-22)20-5-3-2-4-6-20/h2-8,10-16H,9H2,1H3/b23-16-. The second kappa shape index (κ2) is 7.71. The predicted octanol–water partition coefficient (Wildman–Crippen LogP) is 6.11. The van der Waals surface area contributed by atoms with Crippen molar-refractivity contribution in [3.8, 4) is 11.1 Å². The van der Waals surface area contributed by atoms with Crippen molar-refractivity contribution in [3.05, 3.63) is 102 Å². The highest BCUT2D eigenvalue weighted by Crippen LogP contribution is 2.23. The average Bonchev–Trinajstić information content (AvgIpc) is 2.67. The Hall–Kier alpha value is -3.00. The van der Waals surface area contributed by atoms with Crippen LogP contribution in [0.4, 0.5) is 4.39 Å². The first-order valence-electron chi connectivity index (χ1n) is 8.25. The first-order valence-corrected chi connectivity index (χ1v) is 8.25. The quantitative estimate of drug-likeness (QED) is 0.516. The number of hydrogen-bond donors (Lipinski definition) is 0. The zero-order valence-electron chi connectivity index (χ0n) is 14.1. The van der Waals surface area contributed by atoms with Crippen LogP contribution in [0, 0.1) is 0 Å². The van der Waals surface area contributed by atoms with Crippen LogP contribution in [-0.4, -0.2) is 5.78 Å². The molecule has 124 valence electrons. The molecule has 0 amide bonds. The topological polar surface area (TPSA) is 17.1 Å². The lowest BCUT2D eigenvalue weighted by Gasteiger charge is -2.04. The molecule has 0 N–H and O–H groups in total. The van der Waals surface area contributed by atoms with E-state index in [4.69, 9.17) is 0 Å². The van der Waals surface area contributed by atoms with Crippen LogP contribution >= 0.6 is 0 Å². The van der Waals surface area contributed by atoms with Crippen LogP contribution in [0.1, 0.15) is 28.4 Å². The Bertz CT molecular complexity index is 876. The van der Waals surface area contributed by atoms with E-state index < -0.39 is 0 Å². The Morgan fingerprint density at radius 2 is 1.36 bits per heavy atom. The molecule has 0 atom stereocenters. The van der Waals surface area contributed by atoms with Gasteiger partial charge in [0.1, 0.15) is 5.83 Å². The Morgan fingerprint density at radius 1 is 0.800 bits per heavy atom. The summed E-state index contributed by atoms with van der Waals surface area (Å²) in [4.78, 5) is 11.3. The van der Waals surface area contributed by atoms with Crippen LogP contribution < -0.4 is 0 Å². The molecule has 0 unspecified atom stereocenters. The van der Waals surface area contributed by atoms with E-state index in [1.807, 2.05) is 54.6 Å². The van der Waals surface area contributed by atoms with E-state index in [1.165, 1.54) is 6.92 Å². The molecule has 0 aliphatic rings. The summed E-state index contributed by atoms with van der Waals surface area (Å²) in [5.74, 6) is -0.206. The molecule has 2 heteroatoms. The lowest BCUT2D eigenvalue weighted by Crippen LogP contribution is -1.92. The fraction of sp³-hybridized carbons (Fsp3) is 0.0870. The molecule has 3 aromatic carbocycles. The fourth-order valence-corrected chi connectivity index (χ4v) is 2.65. The van der Waals surface area contributed by atoms with E-state index in [0.717, 1.165) is 16.7 Å². The number of halogens is 1. The summed E-state index contributed by atoms with van der Waals surface area (Å²) in [6.07, 6.45) is 2.06. The number of carbonyl (C=O) groups is 1. The summed E-state index contributed by atoms with van der Waals surface area (Å²) in [5, 5.41) is 0. The minimum absolute atomic E-state index is 0.0341. The van der Waals surface area contributed by atoms with E-state index >= 15 is 0 Å². The average molecular weight is 330 g/mol. The van der Waals surface area contributed by atoms with Crippen LogP contribution in [0.15, 0.2) is 84.9 Å². The summed E-state index contributed by atoms with van der Waals surface area (Å²) in [6.45, 7) is 1.54. The summed E-state index contributed by atoms with van der Waals surface area (Å²) in [5.41, 5.74) is 4.40. The zero-order valence-corrected chi connectivity index (χ0v) is 14.1. The molecule has 0 heterocycles. The molecular formula is C23H19FO. The summed E-state index contributed by atoms with van der Waals surface area (Å²) in [6, 6.07) is 24.7. The van der Waals surface area contributed by atoms with E-state index in [1.54, 1.807) is 30.3 Å². The van der Waals surface area contributed by atoms with Crippen LogP contribution in [0.3, 0.4) is 0 Å². The molecular weight excluding hydrogens is 311 g/mol. The van der Waals surface area contributed by atoms with Crippen LogP contribution in [0.5, 0.6) is 0 Å². The van der Waals surface area contributed by atoms with Crippen molar-refractivity contribution in [2.24, 2.45) is 0 Å². The number of allylic oxidation sites excluding steroid dienone is 1. The van der Waals surface area contributed by atoms with Crippen molar-refractivity contribution in [3.63, 3.8) is 0 Å². The second-order valence-electron chi connectivity index (χ2n) is 5.95. The van der Waals surface area contributed by atoms with Gasteiger partial charge in [0.15, 0.2) is 5.78 Å². The van der Waals surface area contributed by atoms with Crippen molar-refractivity contribution >= 4 is 11.6 Å². The van der Waals surface area contributed by atoms with Crippen LogP contribution in [0.25, 0.3) is 17.0 Å². The molecule has 0 radical (unpaired) electrons. The number of Topliss-reactive ketones (excluding diaryl/α,β-unsaturated/α-hetero) is 1. The Balaban J connectivity index is 1.70. The van der Waals surface area contributed by atoms with Gasteiger partial charge < -0.3 is 0 Å². The lowest BCUT2D eigenvalue weighted by atomic mass is 10.0. The Morgan fingerprint density at radius 3 is 1.96 bits per heavy atom. The van der Waals surface area contributed by atoms with E-state index in [0.29, 0.717) is 17.5 Å². The summed E-state index contributed by atoms with van der Waals surface area (Å²) in [7, 11) is 0. The molecule has 3 rings (SSSR count). The van der Waals surface area contributed by atoms with Crippen LogP contribution in [-0.2, 0) is 6.42 Å². The highest BCUT2D eigenvalue weighted by Gasteiger charge is 2.03. The molecule has 3 aromatic rings. The van der Waals surface area contributed by atoms with Crippen LogP contribution in [0.2, 0.25) is 0 Å². The van der Waals surface area contributed by atoms with Gasteiger partial charge in [0.2, 0.25) is 0 Å². The van der Waals surface area contributed by atoms with Gasteiger partial charge in [-0.3, -0.25) is 4.79 Å². The third kappa shape index (κ3) is 4.30. The molecule has 0 saturated heterocycles. The third-order valence-corrected chi connectivity index (χ3v) is 4.15. The number of carbonyl (C=O) groups excluding carboxylic acids is 1. The van der Waals surface area contributed by atoms with Gasteiger partial charge in [-0.25, -0.2) is 4.39 Å². The van der Waals surface area contributed by atoms with Crippen molar-refractivity contribution in [1.29, 1.82) is 0 Å². The molecule has 0 aliphatic heterocycles. The highest BCUT2D eigenvalue weighted by molar-refractivity contribution is 5.94. The minimum atomic E-state index is -0.241. The Kier molecular flexibility index (Phi) is 5.20. The summed E-state index contributed by atoms with van der Waals surface area (Å²) >= 11 is 0. The van der Waals surface area contributed by atoms with Gasteiger partial charge in [-0.1, -0.05) is 78.9 Å². The maximum absolute atomic E-state index is 14.4. The smallest absolute Gasteiger partial charge is 0.159 e. The molecule has 0 aliphatic carbocycles. The van der Waals surface area contributed by atoms with Gasteiger partial charge >= 0.3 is 0 Å². The highest BCUT2D eigenvalue weighted by atomic mass is 19.1. The Labute approximate surface area is 147 Å². The lowest BCUT2D eigenvalue weighted by molar-refractivity contribution is 0.101. The number of ketones is 1. The monoisotopic (exact) mass is 330 g/mol. The van der Waals surface area contributed by atoms with Gasteiger partial charge in [-0.15, -0.1) is 0 Å². The first-order chi connectivity index (χ1) is 12.1. The minimum Gasteiger partial charge on any atom is -0.295 e. The van der Waals surface area contributed by atoms with Gasteiger partial charge in [0.25, 0.3) is 0 Å². The number of rotatable bonds is 5. The zero-order chi connectivity index (χ0) is 17.6. The van der Waals surface area contributed by atoms with Crippen molar-refractivity contribution in [1.82, 2.24) is 0 Å². The molecule has 0 spiro atoms. The normalized spacial score (nSPS) is 11.4. The first kappa shape index (κ1) is 16.8. The number of hydrogen-bond acceptors (Lipinski definition) is 1. The molecule has 0 bridgehead atoms. The molecule has 0 fully saturated rings. The molecule has 1 nitrogen and oxygen atoms in total. The van der Waals surface area contributed by atoms with Gasteiger partial charge in [-0.05, 0) is 36.1 Å². The largest absolute Gasteiger partial charge is 0.295 e. The third-order valence-electron chi connectivity index (χ3n) is 4.15.